The Morgan fingerprint density at radius 3 is 2.56 bits per heavy atom. The summed E-state index contributed by atoms with van der Waals surface area (Å²) < 4.78 is 5.31. The Balaban J connectivity index is 1.95. The van der Waals surface area contributed by atoms with Gasteiger partial charge in [0.15, 0.2) is 0 Å². The van der Waals surface area contributed by atoms with Crippen LogP contribution in [0.3, 0.4) is 0 Å². The fourth-order valence-electron chi connectivity index (χ4n) is 2.29. The van der Waals surface area contributed by atoms with Gasteiger partial charge in [0, 0.05) is 25.1 Å². The molecule has 3 heteroatoms. The summed E-state index contributed by atoms with van der Waals surface area (Å²) in [7, 11) is 1.71. The third-order valence-electron chi connectivity index (χ3n) is 4.18. The number of methoxy groups -OCH3 is 1. The number of aliphatic hydroxyl groups excluding tert-OH is 1. The van der Waals surface area contributed by atoms with Crippen LogP contribution in [0.1, 0.15) is 29.5 Å². The average Bonchev–Trinajstić information content (AvgIpc) is 3.15. The molecule has 1 saturated carbocycles. The maximum Gasteiger partial charge on any atom is 0.122 e. The molecule has 18 heavy (non-hydrogen) atoms. The standard InChI is InChI=1S/C15H23NO2/c1-11-12(2)14(18-3)5-4-13(11)8-16-9-15(10-17)6-7-15/h4-5,16-17H,6-10H2,1-3H3. The number of hydrogen-bond acceptors (Lipinski definition) is 3. The lowest BCUT2D eigenvalue weighted by molar-refractivity contribution is 0.207. The van der Waals surface area contributed by atoms with Crippen molar-refractivity contribution in [3.8, 4) is 5.75 Å². The second kappa shape index (κ2) is 5.29. The Bertz CT molecular complexity index is 425. The van der Waals surface area contributed by atoms with Gasteiger partial charge in [-0.1, -0.05) is 6.07 Å². The van der Waals surface area contributed by atoms with Gasteiger partial charge in [0.2, 0.25) is 0 Å². The van der Waals surface area contributed by atoms with Gasteiger partial charge in [0.1, 0.15) is 5.75 Å². The van der Waals surface area contributed by atoms with Crippen LogP contribution in [-0.2, 0) is 6.54 Å². The molecule has 0 atom stereocenters. The van der Waals surface area contributed by atoms with Gasteiger partial charge in [0.05, 0.1) is 7.11 Å². The normalized spacial score (nSPS) is 16.7. The molecule has 0 saturated heterocycles. The lowest BCUT2D eigenvalue weighted by Crippen LogP contribution is -2.26. The molecule has 0 amide bonds. The Hall–Kier alpha value is -1.06. The first-order valence-electron chi connectivity index (χ1n) is 6.56. The van der Waals surface area contributed by atoms with Crippen LogP contribution in [0.15, 0.2) is 12.1 Å². The van der Waals surface area contributed by atoms with Crippen LogP contribution in [0.2, 0.25) is 0 Å². The third-order valence-corrected chi connectivity index (χ3v) is 4.18. The molecule has 0 heterocycles. The molecule has 1 aliphatic carbocycles. The Morgan fingerprint density at radius 1 is 1.28 bits per heavy atom. The predicted molar refractivity (Wildman–Crippen MR) is 72.9 cm³/mol. The van der Waals surface area contributed by atoms with Crippen molar-refractivity contribution in [2.75, 3.05) is 20.3 Å². The molecule has 2 rings (SSSR count). The molecule has 0 aromatic heterocycles. The van der Waals surface area contributed by atoms with Crippen molar-refractivity contribution in [2.45, 2.75) is 33.2 Å². The van der Waals surface area contributed by atoms with Crippen LogP contribution in [0.4, 0.5) is 0 Å². The van der Waals surface area contributed by atoms with Gasteiger partial charge in [-0.25, -0.2) is 0 Å². The van der Waals surface area contributed by atoms with Gasteiger partial charge in [-0.15, -0.1) is 0 Å². The fourth-order valence-corrected chi connectivity index (χ4v) is 2.29. The highest BCUT2D eigenvalue weighted by Crippen LogP contribution is 2.44. The topological polar surface area (TPSA) is 41.5 Å². The highest BCUT2D eigenvalue weighted by Gasteiger charge is 2.41. The summed E-state index contributed by atoms with van der Waals surface area (Å²) in [5.74, 6) is 0.949. The van der Waals surface area contributed by atoms with Crippen molar-refractivity contribution in [3.63, 3.8) is 0 Å². The number of benzene rings is 1. The Kier molecular flexibility index (Phi) is 3.93. The van der Waals surface area contributed by atoms with E-state index < -0.39 is 0 Å². The summed E-state index contributed by atoms with van der Waals surface area (Å²) in [6.45, 7) is 6.30. The van der Waals surface area contributed by atoms with E-state index in [4.69, 9.17) is 4.74 Å². The number of hydrogen-bond donors (Lipinski definition) is 2. The van der Waals surface area contributed by atoms with Crippen molar-refractivity contribution in [1.29, 1.82) is 0 Å². The minimum atomic E-state index is 0.176. The Morgan fingerprint density at radius 2 is 2.00 bits per heavy atom. The van der Waals surface area contributed by atoms with Gasteiger partial charge in [-0.2, -0.15) is 0 Å². The molecular formula is C15H23NO2. The van der Waals surface area contributed by atoms with E-state index in [0.717, 1.165) is 31.7 Å². The molecule has 100 valence electrons. The number of nitrogens with one attached hydrogen (secondary N) is 1. The first-order valence-corrected chi connectivity index (χ1v) is 6.56. The third kappa shape index (κ3) is 2.68. The second-order valence-corrected chi connectivity index (χ2v) is 5.44. The first kappa shape index (κ1) is 13.4. The zero-order valence-corrected chi connectivity index (χ0v) is 11.5. The molecule has 0 unspecified atom stereocenters. The van der Waals surface area contributed by atoms with E-state index in [0.29, 0.717) is 6.61 Å². The lowest BCUT2D eigenvalue weighted by Gasteiger charge is -2.16. The summed E-state index contributed by atoms with van der Waals surface area (Å²) in [5.41, 5.74) is 3.98. The minimum Gasteiger partial charge on any atom is -0.496 e. The van der Waals surface area contributed by atoms with E-state index in [1.54, 1.807) is 7.11 Å². The van der Waals surface area contributed by atoms with Gasteiger partial charge < -0.3 is 15.2 Å². The van der Waals surface area contributed by atoms with E-state index in [1.165, 1.54) is 16.7 Å². The summed E-state index contributed by atoms with van der Waals surface area (Å²) in [5, 5.41) is 12.7. The smallest absolute Gasteiger partial charge is 0.122 e. The van der Waals surface area contributed by atoms with Crippen LogP contribution in [0.5, 0.6) is 5.75 Å². The first-order chi connectivity index (χ1) is 8.62. The molecular weight excluding hydrogens is 226 g/mol. The van der Waals surface area contributed by atoms with E-state index in [1.807, 2.05) is 6.07 Å². The molecule has 2 N–H and O–H groups in total. The highest BCUT2D eigenvalue weighted by molar-refractivity contribution is 5.43. The predicted octanol–water partition coefficient (Wildman–Crippen LogP) is 2.17. The van der Waals surface area contributed by atoms with Crippen LogP contribution >= 0.6 is 0 Å². The van der Waals surface area contributed by atoms with Crippen molar-refractivity contribution in [1.82, 2.24) is 5.32 Å². The maximum atomic E-state index is 9.26. The lowest BCUT2D eigenvalue weighted by atomic mass is 10.0. The number of aliphatic hydroxyl groups is 1. The summed E-state index contributed by atoms with van der Waals surface area (Å²) in [6, 6.07) is 4.14. The average molecular weight is 249 g/mol. The van der Waals surface area contributed by atoms with Crippen LogP contribution in [-0.4, -0.2) is 25.4 Å². The van der Waals surface area contributed by atoms with Crippen molar-refractivity contribution < 1.29 is 9.84 Å². The maximum absolute atomic E-state index is 9.26. The zero-order valence-electron chi connectivity index (χ0n) is 11.5. The summed E-state index contributed by atoms with van der Waals surface area (Å²) in [4.78, 5) is 0. The van der Waals surface area contributed by atoms with E-state index in [-0.39, 0.29) is 5.41 Å². The minimum absolute atomic E-state index is 0.176. The van der Waals surface area contributed by atoms with Crippen molar-refractivity contribution >= 4 is 0 Å². The Labute approximate surface area is 109 Å². The monoisotopic (exact) mass is 249 g/mol. The summed E-state index contributed by atoms with van der Waals surface area (Å²) >= 11 is 0. The number of rotatable bonds is 6. The summed E-state index contributed by atoms with van der Waals surface area (Å²) in [6.07, 6.45) is 2.30. The largest absolute Gasteiger partial charge is 0.496 e. The number of ether oxygens (including phenoxy) is 1. The SMILES string of the molecule is COc1ccc(CNCC2(CO)CC2)c(C)c1C. The zero-order chi connectivity index (χ0) is 13.2. The highest BCUT2D eigenvalue weighted by atomic mass is 16.5. The molecule has 1 fully saturated rings. The molecule has 0 bridgehead atoms. The molecule has 0 aliphatic heterocycles. The molecule has 1 aromatic rings. The fraction of sp³-hybridized carbons (Fsp3) is 0.600. The molecule has 1 aliphatic rings. The second-order valence-electron chi connectivity index (χ2n) is 5.44. The van der Waals surface area contributed by atoms with Crippen molar-refractivity contribution in [2.24, 2.45) is 5.41 Å². The van der Waals surface area contributed by atoms with E-state index >= 15 is 0 Å². The quantitative estimate of drug-likeness (QED) is 0.812. The van der Waals surface area contributed by atoms with Gasteiger partial charge in [-0.3, -0.25) is 0 Å². The molecule has 0 spiro atoms. The van der Waals surface area contributed by atoms with Gasteiger partial charge >= 0.3 is 0 Å². The molecule has 1 aromatic carbocycles. The van der Waals surface area contributed by atoms with Crippen LogP contribution in [0.25, 0.3) is 0 Å². The molecule has 0 radical (unpaired) electrons. The van der Waals surface area contributed by atoms with Crippen molar-refractivity contribution in [3.05, 3.63) is 28.8 Å². The van der Waals surface area contributed by atoms with Gasteiger partial charge in [0.25, 0.3) is 0 Å². The van der Waals surface area contributed by atoms with Crippen LogP contribution in [0, 0.1) is 19.3 Å². The van der Waals surface area contributed by atoms with E-state index in [2.05, 4.69) is 25.2 Å². The van der Waals surface area contributed by atoms with Gasteiger partial charge in [-0.05, 0) is 49.4 Å². The van der Waals surface area contributed by atoms with E-state index in [9.17, 15) is 5.11 Å². The molecule has 3 nitrogen and oxygen atoms in total. The van der Waals surface area contributed by atoms with Crippen LogP contribution < -0.4 is 10.1 Å².